The zero-order valence-electron chi connectivity index (χ0n) is 13.0. The minimum Gasteiger partial charge on any atom is -0.309 e. The van der Waals surface area contributed by atoms with Crippen LogP contribution >= 0.6 is 11.3 Å². The fourth-order valence-electron chi connectivity index (χ4n) is 3.01. The van der Waals surface area contributed by atoms with Crippen LogP contribution in [-0.4, -0.2) is 54.1 Å². The number of hydrogen-bond donors (Lipinski definition) is 1. The van der Waals surface area contributed by atoms with Crippen LogP contribution in [0.1, 0.15) is 47.2 Å². The molecule has 0 radical (unpaired) electrons. The van der Waals surface area contributed by atoms with E-state index < -0.39 is 0 Å². The molecule has 2 heterocycles. The van der Waals surface area contributed by atoms with E-state index in [1.165, 1.54) is 67.4 Å². The summed E-state index contributed by atoms with van der Waals surface area (Å²) in [6, 6.07) is 0.792. The summed E-state index contributed by atoms with van der Waals surface area (Å²) in [6.07, 6.45) is 5.44. The highest BCUT2D eigenvalue weighted by molar-refractivity contribution is 7.11. The maximum Gasteiger partial charge on any atom is 0.107 e. The first kappa shape index (κ1) is 14.1. The topological polar surface area (TPSA) is 31.4 Å². The van der Waals surface area contributed by atoms with Gasteiger partial charge in [0.2, 0.25) is 0 Å². The van der Waals surface area contributed by atoms with Crippen LogP contribution in [0.5, 0.6) is 0 Å². The van der Waals surface area contributed by atoms with Crippen LogP contribution in [0.3, 0.4) is 0 Å². The SMILES string of the molecule is CN1CCN(Cc2nc(C3CC3)c(CNC3CC3)s2)CC1. The van der Waals surface area contributed by atoms with Gasteiger partial charge in [-0.25, -0.2) is 4.98 Å². The van der Waals surface area contributed by atoms with Crippen molar-refractivity contribution >= 4 is 11.3 Å². The molecule has 3 fully saturated rings. The number of aromatic nitrogens is 1. The monoisotopic (exact) mass is 306 g/mol. The fraction of sp³-hybridized carbons (Fsp3) is 0.812. The summed E-state index contributed by atoms with van der Waals surface area (Å²) in [7, 11) is 2.22. The number of hydrogen-bond acceptors (Lipinski definition) is 5. The lowest BCUT2D eigenvalue weighted by molar-refractivity contribution is 0.148. The predicted molar refractivity (Wildman–Crippen MR) is 86.7 cm³/mol. The van der Waals surface area contributed by atoms with Crippen LogP contribution in [0.4, 0.5) is 0 Å². The Labute approximate surface area is 131 Å². The minimum atomic E-state index is 0.776. The molecule has 5 heteroatoms. The van der Waals surface area contributed by atoms with Crippen molar-refractivity contribution in [3.63, 3.8) is 0 Å². The van der Waals surface area contributed by atoms with Crippen LogP contribution < -0.4 is 5.32 Å². The Kier molecular flexibility index (Phi) is 4.00. The lowest BCUT2D eigenvalue weighted by Crippen LogP contribution is -2.43. The lowest BCUT2D eigenvalue weighted by Gasteiger charge is -2.31. The second-order valence-electron chi connectivity index (χ2n) is 6.92. The zero-order chi connectivity index (χ0) is 14.2. The summed E-state index contributed by atoms with van der Waals surface area (Å²) in [4.78, 5) is 11.5. The second-order valence-corrected chi connectivity index (χ2v) is 8.09. The number of thiazole rings is 1. The molecular weight excluding hydrogens is 280 g/mol. The maximum absolute atomic E-state index is 5.01. The first-order valence-corrected chi connectivity index (χ1v) is 9.22. The molecule has 116 valence electrons. The van der Waals surface area contributed by atoms with Crippen molar-refractivity contribution < 1.29 is 0 Å². The van der Waals surface area contributed by atoms with Gasteiger partial charge in [0, 0.05) is 49.6 Å². The molecule has 0 unspecified atom stereocenters. The Bertz CT molecular complexity index is 484. The van der Waals surface area contributed by atoms with Gasteiger partial charge in [0.25, 0.3) is 0 Å². The highest BCUT2D eigenvalue weighted by Crippen LogP contribution is 2.43. The average Bonchev–Trinajstić information content (AvgIpc) is 3.39. The second kappa shape index (κ2) is 5.95. The molecule has 1 aromatic heterocycles. The molecule has 0 aromatic carbocycles. The number of likely N-dealkylation sites (N-methyl/N-ethyl adjacent to an activating group) is 1. The van der Waals surface area contributed by atoms with Gasteiger partial charge >= 0.3 is 0 Å². The van der Waals surface area contributed by atoms with Gasteiger partial charge in [0.15, 0.2) is 0 Å². The standard InChI is InChI=1S/C16H26N4S/c1-19-6-8-20(9-7-19)11-15-18-16(12-2-3-12)14(21-15)10-17-13-4-5-13/h12-13,17H,2-11H2,1H3. The smallest absolute Gasteiger partial charge is 0.107 e. The largest absolute Gasteiger partial charge is 0.309 e. The predicted octanol–water partition coefficient (Wildman–Crippen LogP) is 2.02. The van der Waals surface area contributed by atoms with Gasteiger partial charge in [-0.3, -0.25) is 4.90 Å². The van der Waals surface area contributed by atoms with Crippen LogP contribution in [0, 0.1) is 0 Å². The van der Waals surface area contributed by atoms with Crippen LogP contribution in [-0.2, 0) is 13.1 Å². The molecule has 0 spiro atoms. The summed E-state index contributed by atoms with van der Waals surface area (Å²) >= 11 is 1.96. The van der Waals surface area contributed by atoms with Crippen LogP contribution in [0.15, 0.2) is 0 Å². The van der Waals surface area contributed by atoms with Gasteiger partial charge in [-0.2, -0.15) is 0 Å². The van der Waals surface area contributed by atoms with E-state index in [2.05, 4.69) is 22.2 Å². The highest BCUT2D eigenvalue weighted by Gasteiger charge is 2.30. The first-order chi connectivity index (χ1) is 10.3. The third-order valence-electron chi connectivity index (χ3n) is 4.82. The highest BCUT2D eigenvalue weighted by atomic mass is 32.1. The van der Waals surface area contributed by atoms with E-state index in [0.717, 1.165) is 25.0 Å². The fourth-order valence-corrected chi connectivity index (χ4v) is 4.15. The van der Waals surface area contributed by atoms with E-state index in [4.69, 9.17) is 4.98 Å². The maximum atomic E-state index is 5.01. The van der Waals surface area contributed by atoms with Gasteiger partial charge in [-0.15, -0.1) is 11.3 Å². The minimum absolute atomic E-state index is 0.776. The van der Waals surface area contributed by atoms with E-state index >= 15 is 0 Å². The molecule has 1 saturated heterocycles. The van der Waals surface area contributed by atoms with Gasteiger partial charge in [0.05, 0.1) is 12.2 Å². The lowest BCUT2D eigenvalue weighted by atomic mass is 10.2. The quantitative estimate of drug-likeness (QED) is 0.871. The Morgan fingerprint density at radius 2 is 1.90 bits per heavy atom. The summed E-state index contributed by atoms with van der Waals surface area (Å²) < 4.78 is 0. The Morgan fingerprint density at radius 3 is 2.57 bits per heavy atom. The molecule has 1 N–H and O–H groups in total. The molecule has 0 atom stereocenters. The van der Waals surface area contributed by atoms with Crippen molar-refractivity contribution in [3.8, 4) is 0 Å². The Hall–Kier alpha value is -0.490. The van der Waals surface area contributed by atoms with E-state index in [1.807, 2.05) is 11.3 Å². The average molecular weight is 306 g/mol. The van der Waals surface area contributed by atoms with Crippen LogP contribution in [0.25, 0.3) is 0 Å². The van der Waals surface area contributed by atoms with Crippen molar-refractivity contribution in [1.29, 1.82) is 0 Å². The number of nitrogens with one attached hydrogen (secondary N) is 1. The first-order valence-electron chi connectivity index (χ1n) is 8.40. The summed E-state index contributed by atoms with van der Waals surface area (Å²) in [6.45, 7) is 6.86. The van der Waals surface area contributed by atoms with E-state index in [1.54, 1.807) is 0 Å². The molecule has 0 bridgehead atoms. The third kappa shape index (κ3) is 3.65. The van der Waals surface area contributed by atoms with Crippen molar-refractivity contribution in [2.24, 2.45) is 0 Å². The zero-order valence-corrected chi connectivity index (χ0v) is 13.8. The molecule has 1 aliphatic heterocycles. The Morgan fingerprint density at radius 1 is 1.14 bits per heavy atom. The van der Waals surface area contributed by atoms with Gasteiger partial charge < -0.3 is 10.2 Å². The molecule has 4 nitrogen and oxygen atoms in total. The normalized spacial score (nSPS) is 24.6. The molecule has 2 aliphatic carbocycles. The van der Waals surface area contributed by atoms with Crippen LogP contribution in [0.2, 0.25) is 0 Å². The summed E-state index contributed by atoms with van der Waals surface area (Å²) in [5.74, 6) is 0.776. The van der Waals surface area contributed by atoms with E-state index in [0.29, 0.717) is 0 Å². The van der Waals surface area contributed by atoms with Gasteiger partial charge in [0.1, 0.15) is 5.01 Å². The summed E-state index contributed by atoms with van der Waals surface area (Å²) in [5, 5.41) is 5.01. The third-order valence-corrected chi connectivity index (χ3v) is 5.88. The van der Waals surface area contributed by atoms with Crippen molar-refractivity contribution in [2.45, 2.75) is 50.7 Å². The summed E-state index contributed by atoms with van der Waals surface area (Å²) in [5.41, 5.74) is 1.43. The van der Waals surface area contributed by atoms with Gasteiger partial charge in [-0.1, -0.05) is 0 Å². The van der Waals surface area contributed by atoms with E-state index in [9.17, 15) is 0 Å². The van der Waals surface area contributed by atoms with Crippen molar-refractivity contribution in [2.75, 3.05) is 33.2 Å². The molecule has 1 aromatic rings. The van der Waals surface area contributed by atoms with Crippen molar-refractivity contribution in [3.05, 3.63) is 15.6 Å². The molecular formula is C16H26N4S. The Balaban J connectivity index is 1.40. The molecule has 0 amide bonds. The van der Waals surface area contributed by atoms with E-state index in [-0.39, 0.29) is 0 Å². The van der Waals surface area contributed by atoms with Gasteiger partial charge in [-0.05, 0) is 32.7 Å². The number of nitrogens with zero attached hydrogens (tertiary/aromatic N) is 3. The molecule has 2 saturated carbocycles. The molecule has 3 aliphatic rings. The van der Waals surface area contributed by atoms with Crippen molar-refractivity contribution in [1.82, 2.24) is 20.1 Å². The number of piperazine rings is 1. The molecule has 21 heavy (non-hydrogen) atoms. The number of rotatable bonds is 6. The molecule has 4 rings (SSSR count).